The van der Waals surface area contributed by atoms with E-state index < -0.39 is 0 Å². The van der Waals surface area contributed by atoms with E-state index in [-0.39, 0.29) is 0 Å². The number of nitrogen functional groups attached to an aromatic ring is 1. The number of hydrogen-bond acceptors (Lipinski definition) is 3. The first kappa shape index (κ1) is 13.8. The zero-order valence-corrected chi connectivity index (χ0v) is 12.8. The van der Waals surface area contributed by atoms with Gasteiger partial charge in [-0.25, -0.2) is 9.97 Å². The van der Waals surface area contributed by atoms with Crippen molar-refractivity contribution in [1.82, 2.24) is 9.97 Å². The number of nitrogens with two attached hydrogens (primary N) is 1. The van der Waals surface area contributed by atoms with Crippen LogP contribution < -0.4 is 5.73 Å². The van der Waals surface area contributed by atoms with Crippen molar-refractivity contribution >= 4 is 21.7 Å². The summed E-state index contributed by atoms with van der Waals surface area (Å²) in [6, 6.07) is 0. The summed E-state index contributed by atoms with van der Waals surface area (Å²) < 4.78 is 0.920. The van der Waals surface area contributed by atoms with Gasteiger partial charge in [0.15, 0.2) is 0 Å². The first-order valence-corrected chi connectivity index (χ1v) is 7.79. The lowest BCUT2D eigenvalue weighted by Gasteiger charge is -2.17. The van der Waals surface area contributed by atoms with Gasteiger partial charge in [0.1, 0.15) is 11.6 Å². The largest absolute Gasteiger partial charge is 0.383 e. The van der Waals surface area contributed by atoms with Gasteiger partial charge in [0.2, 0.25) is 0 Å². The van der Waals surface area contributed by atoms with Gasteiger partial charge >= 0.3 is 0 Å². The third-order valence-corrected chi connectivity index (χ3v) is 4.82. The first-order valence-electron chi connectivity index (χ1n) is 7.00. The van der Waals surface area contributed by atoms with Crippen LogP contribution in [0.25, 0.3) is 0 Å². The Bertz CT molecular complexity index is 410. The molecule has 2 N–H and O–H groups in total. The Hall–Kier alpha value is -0.640. The molecular formula is C14H22BrN3. The van der Waals surface area contributed by atoms with Crippen molar-refractivity contribution in [3.8, 4) is 0 Å². The normalized spacial score (nSPS) is 16.7. The van der Waals surface area contributed by atoms with Crippen molar-refractivity contribution in [2.45, 2.75) is 64.2 Å². The molecule has 1 heterocycles. The van der Waals surface area contributed by atoms with Crippen LogP contribution in [-0.2, 0) is 0 Å². The maximum Gasteiger partial charge on any atom is 0.141 e. The topological polar surface area (TPSA) is 51.8 Å². The van der Waals surface area contributed by atoms with Gasteiger partial charge in [-0.2, -0.15) is 0 Å². The lowest BCUT2D eigenvalue weighted by atomic mass is 10.00. The fourth-order valence-electron chi connectivity index (χ4n) is 2.81. The minimum absolute atomic E-state index is 0.431. The molecule has 4 heteroatoms. The minimum atomic E-state index is 0.431. The number of aromatic nitrogens is 2. The van der Waals surface area contributed by atoms with E-state index in [2.05, 4.69) is 34.8 Å². The molecule has 1 aromatic heterocycles. The Labute approximate surface area is 118 Å². The summed E-state index contributed by atoms with van der Waals surface area (Å²) >= 11 is 3.57. The molecule has 0 saturated heterocycles. The molecular weight excluding hydrogens is 290 g/mol. The van der Waals surface area contributed by atoms with Gasteiger partial charge in [0.05, 0.1) is 10.2 Å². The fourth-order valence-corrected chi connectivity index (χ4v) is 3.31. The fraction of sp³-hybridized carbons (Fsp3) is 0.714. The summed E-state index contributed by atoms with van der Waals surface area (Å²) in [6.07, 6.45) is 7.22. The lowest BCUT2D eigenvalue weighted by Crippen LogP contribution is -2.11. The molecule has 1 aliphatic rings. The quantitative estimate of drug-likeness (QED) is 0.897. The molecule has 0 aromatic carbocycles. The average molecular weight is 312 g/mol. The van der Waals surface area contributed by atoms with E-state index >= 15 is 0 Å². The van der Waals surface area contributed by atoms with Crippen LogP contribution in [0.5, 0.6) is 0 Å². The van der Waals surface area contributed by atoms with Crippen LogP contribution in [-0.4, -0.2) is 9.97 Å². The molecule has 1 fully saturated rings. The zero-order chi connectivity index (χ0) is 13.1. The molecule has 0 bridgehead atoms. The Morgan fingerprint density at radius 2 is 1.83 bits per heavy atom. The highest BCUT2D eigenvalue weighted by Gasteiger charge is 2.24. The van der Waals surface area contributed by atoms with E-state index in [0.717, 1.165) is 28.8 Å². The van der Waals surface area contributed by atoms with Gasteiger partial charge in [0.25, 0.3) is 0 Å². The molecule has 0 atom stereocenters. The van der Waals surface area contributed by atoms with Crippen LogP contribution in [0.4, 0.5) is 5.82 Å². The third kappa shape index (κ3) is 2.68. The lowest BCUT2D eigenvalue weighted by molar-refractivity contribution is 0.587. The van der Waals surface area contributed by atoms with E-state index in [4.69, 9.17) is 10.7 Å². The van der Waals surface area contributed by atoms with E-state index in [1.54, 1.807) is 0 Å². The maximum atomic E-state index is 6.04. The summed E-state index contributed by atoms with van der Waals surface area (Å²) in [5.41, 5.74) is 7.18. The third-order valence-electron chi connectivity index (χ3n) is 4.01. The van der Waals surface area contributed by atoms with Crippen LogP contribution in [0, 0.1) is 0 Å². The molecule has 1 aromatic rings. The Balaban J connectivity index is 2.38. The van der Waals surface area contributed by atoms with E-state index in [1.807, 2.05) is 0 Å². The van der Waals surface area contributed by atoms with E-state index in [9.17, 15) is 0 Å². The predicted molar refractivity (Wildman–Crippen MR) is 78.7 cm³/mol. The number of halogens is 1. The summed E-state index contributed by atoms with van der Waals surface area (Å²) in [5.74, 6) is 2.54. The molecule has 18 heavy (non-hydrogen) atoms. The standard InChI is InChI=1S/C14H22BrN3/c1-3-9(4-2)14-17-12(10-7-5-6-8-10)11(15)13(16)18-14/h9-10H,3-8H2,1-2H3,(H2,16,17,18). The molecule has 0 aliphatic heterocycles. The highest BCUT2D eigenvalue weighted by Crippen LogP contribution is 2.39. The summed E-state index contributed by atoms with van der Waals surface area (Å²) in [7, 11) is 0. The molecule has 3 nitrogen and oxygen atoms in total. The van der Waals surface area contributed by atoms with Gasteiger partial charge < -0.3 is 5.73 Å². The van der Waals surface area contributed by atoms with Gasteiger partial charge in [-0.15, -0.1) is 0 Å². The zero-order valence-electron chi connectivity index (χ0n) is 11.2. The maximum absolute atomic E-state index is 6.04. The molecule has 0 radical (unpaired) electrons. The monoisotopic (exact) mass is 311 g/mol. The highest BCUT2D eigenvalue weighted by molar-refractivity contribution is 9.10. The van der Waals surface area contributed by atoms with Crippen LogP contribution in [0.1, 0.15) is 75.7 Å². The van der Waals surface area contributed by atoms with Crippen molar-refractivity contribution in [3.63, 3.8) is 0 Å². The van der Waals surface area contributed by atoms with Crippen LogP contribution in [0.15, 0.2) is 4.47 Å². The number of rotatable bonds is 4. The molecule has 0 unspecified atom stereocenters. The number of nitrogens with zero attached hydrogens (tertiary/aromatic N) is 2. The Kier molecular flexibility index (Phi) is 4.60. The minimum Gasteiger partial charge on any atom is -0.383 e. The SMILES string of the molecule is CCC(CC)c1nc(N)c(Br)c(C2CCCC2)n1. The second-order valence-electron chi connectivity index (χ2n) is 5.16. The Morgan fingerprint density at radius 3 is 2.39 bits per heavy atom. The van der Waals surface area contributed by atoms with Crippen molar-refractivity contribution in [2.75, 3.05) is 5.73 Å². The van der Waals surface area contributed by atoms with E-state index in [1.165, 1.54) is 25.7 Å². The molecule has 0 spiro atoms. The molecule has 1 saturated carbocycles. The van der Waals surface area contributed by atoms with Gasteiger partial charge in [-0.1, -0.05) is 26.7 Å². The van der Waals surface area contributed by atoms with Crippen LogP contribution in [0.3, 0.4) is 0 Å². The molecule has 2 rings (SSSR count). The predicted octanol–water partition coefficient (Wildman–Crippen LogP) is 4.38. The van der Waals surface area contributed by atoms with Crippen molar-refractivity contribution in [1.29, 1.82) is 0 Å². The van der Waals surface area contributed by atoms with Crippen molar-refractivity contribution < 1.29 is 0 Å². The van der Waals surface area contributed by atoms with Crippen LogP contribution in [0.2, 0.25) is 0 Å². The molecule has 100 valence electrons. The van der Waals surface area contributed by atoms with Gasteiger partial charge in [-0.05, 0) is 41.6 Å². The first-order chi connectivity index (χ1) is 8.67. The second kappa shape index (κ2) is 6.00. The van der Waals surface area contributed by atoms with Crippen molar-refractivity contribution in [2.24, 2.45) is 0 Å². The van der Waals surface area contributed by atoms with Crippen LogP contribution >= 0.6 is 15.9 Å². The van der Waals surface area contributed by atoms with Gasteiger partial charge in [-0.3, -0.25) is 0 Å². The summed E-state index contributed by atoms with van der Waals surface area (Å²) in [5, 5.41) is 0. The average Bonchev–Trinajstić information content (AvgIpc) is 2.88. The van der Waals surface area contributed by atoms with E-state index in [0.29, 0.717) is 17.7 Å². The Morgan fingerprint density at radius 1 is 1.22 bits per heavy atom. The van der Waals surface area contributed by atoms with Crippen molar-refractivity contribution in [3.05, 3.63) is 16.0 Å². The molecule has 0 amide bonds. The number of hydrogen-bond donors (Lipinski definition) is 1. The van der Waals surface area contributed by atoms with Gasteiger partial charge in [0, 0.05) is 11.8 Å². The highest BCUT2D eigenvalue weighted by atomic mass is 79.9. The smallest absolute Gasteiger partial charge is 0.141 e. The summed E-state index contributed by atoms with van der Waals surface area (Å²) in [6.45, 7) is 4.37. The molecule has 1 aliphatic carbocycles. The number of anilines is 1. The second-order valence-corrected chi connectivity index (χ2v) is 5.95. The summed E-state index contributed by atoms with van der Waals surface area (Å²) in [4.78, 5) is 9.29.